The molecule has 2 saturated heterocycles. The van der Waals surface area contributed by atoms with Gasteiger partial charge in [0.25, 0.3) is 0 Å². The van der Waals surface area contributed by atoms with Crippen molar-refractivity contribution >= 4 is 11.6 Å². The van der Waals surface area contributed by atoms with E-state index < -0.39 is 0 Å². The molecule has 3 rings (SSSR count). The number of nitrogens with zero attached hydrogens (tertiary/aromatic N) is 2. The molecular formula is C21H34N4O2. The zero-order valence-corrected chi connectivity index (χ0v) is 16.5. The number of hydrogen-bond acceptors (Lipinski definition) is 4. The molecule has 0 radical (unpaired) electrons. The summed E-state index contributed by atoms with van der Waals surface area (Å²) < 4.78 is 11.1. The van der Waals surface area contributed by atoms with Crippen molar-refractivity contribution in [3.8, 4) is 0 Å². The van der Waals surface area contributed by atoms with Gasteiger partial charge in [-0.25, -0.2) is 0 Å². The summed E-state index contributed by atoms with van der Waals surface area (Å²) in [6.45, 7) is 7.43. The minimum Gasteiger partial charge on any atom is -0.381 e. The van der Waals surface area contributed by atoms with Crippen LogP contribution >= 0.6 is 0 Å². The third kappa shape index (κ3) is 6.70. The van der Waals surface area contributed by atoms with Gasteiger partial charge in [0, 0.05) is 58.0 Å². The first-order valence-corrected chi connectivity index (χ1v) is 10.2. The van der Waals surface area contributed by atoms with Crippen LogP contribution in [-0.4, -0.2) is 65.6 Å². The molecule has 0 saturated carbocycles. The third-order valence-electron chi connectivity index (χ3n) is 5.32. The fourth-order valence-corrected chi connectivity index (χ4v) is 3.68. The van der Waals surface area contributed by atoms with Crippen molar-refractivity contribution in [1.29, 1.82) is 0 Å². The van der Waals surface area contributed by atoms with Crippen LogP contribution in [0.1, 0.15) is 19.3 Å². The van der Waals surface area contributed by atoms with Crippen LogP contribution in [0.3, 0.4) is 0 Å². The molecule has 150 valence electrons. The van der Waals surface area contributed by atoms with Gasteiger partial charge >= 0.3 is 0 Å². The first-order valence-electron chi connectivity index (χ1n) is 10.2. The Morgan fingerprint density at radius 1 is 1.22 bits per heavy atom. The summed E-state index contributed by atoms with van der Waals surface area (Å²) in [5, 5.41) is 6.86. The molecule has 2 atom stereocenters. The fourth-order valence-electron chi connectivity index (χ4n) is 3.68. The molecule has 0 bridgehead atoms. The molecule has 0 aliphatic carbocycles. The van der Waals surface area contributed by atoms with Gasteiger partial charge in [0.05, 0.1) is 13.2 Å². The first kappa shape index (κ1) is 20.0. The molecule has 2 heterocycles. The predicted molar refractivity (Wildman–Crippen MR) is 110 cm³/mol. The molecule has 0 spiro atoms. The van der Waals surface area contributed by atoms with Crippen LogP contribution in [0.25, 0.3) is 0 Å². The Labute approximate surface area is 163 Å². The van der Waals surface area contributed by atoms with Crippen molar-refractivity contribution in [2.75, 3.05) is 64.6 Å². The van der Waals surface area contributed by atoms with Crippen LogP contribution in [-0.2, 0) is 9.47 Å². The van der Waals surface area contributed by atoms with Gasteiger partial charge in [-0.05, 0) is 37.3 Å². The van der Waals surface area contributed by atoms with E-state index >= 15 is 0 Å². The summed E-state index contributed by atoms with van der Waals surface area (Å²) in [6, 6.07) is 10.7. The summed E-state index contributed by atoms with van der Waals surface area (Å²) >= 11 is 0. The van der Waals surface area contributed by atoms with E-state index in [0.717, 1.165) is 71.4 Å². The van der Waals surface area contributed by atoms with Gasteiger partial charge in [0.1, 0.15) is 0 Å². The maximum absolute atomic E-state index is 5.74. The number of nitrogens with one attached hydrogen (secondary N) is 2. The highest BCUT2D eigenvalue weighted by Crippen LogP contribution is 2.22. The fraction of sp³-hybridized carbons (Fsp3) is 0.667. The Kier molecular flexibility index (Phi) is 8.24. The number of anilines is 1. The molecule has 2 N–H and O–H groups in total. The number of aliphatic imine (C=N–C) groups is 1. The first-order chi connectivity index (χ1) is 13.3. The third-order valence-corrected chi connectivity index (χ3v) is 5.32. The zero-order valence-electron chi connectivity index (χ0n) is 16.5. The van der Waals surface area contributed by atoms with E-state index in [1.54, 1.807) is 0 Å². The maximum atomic E-state index is 5.74. The van der Waals surface area contributed by atoms with E-state index in [1.807, 2.05) is 7.05 Å². The van der Waals surface area contributed by atoms with Gasteiger partial charge < -0.3 is 25.0 Å². The van der Waals surface area contributed by atoms with Crippen LogP contribution < -0.4 is 15.5 Å². The SMILES string of the molecule is CN=C(NCCCOCC1CCOC1)NCC1CCN(c2ccccc2)C1. The highest BCUT2D eigenvalue weighted by molar-refractivity contribution is 5.79. The Morgan fingerprint density at radius 2 is 2.11 bits per heavy atom. The smallest absolute Gasteiger partial charge is 0.190 e. The number of benzene rings is 1. The maximum Gasteiger partial charge on any atom is 0.190 e. The Bertz CT molecular complexity index is 561. The molecular weight excluding hydrogens is 340 g/mol. The number of hydrogen-bond donors (Lipinski definition) is 2. The number of ether oxygens (including phenoxy) is 2. The van der Waals surface area contributed by atoms with Gasteiger partial charge in [-0.2, -0.15) is 0 Å². The lowest BCUT2D eigenvalue weighted by Crippen LogP contribution is -2.40. The number of guanidine groups is 1. The summed E-state index contributed by atoms with van der Waals surface area (Å²) in [5.74, 6) is 2.13. The summed E-state index contributed by atoms with van der Waals surface area (Å²) in [7, 11) is 1.83. The van der Waals surface area contributed by atoms with Gasteiger partial charge in [-0.15, -0.1) is 0 Å². The average Bonchev–Trinajstić information content (AvgIpc) is 3.39. The zero-order chi connectivity index (χ0) is 18.7. The van der Waals surface area contributed by atoms with E-state index in [-0.39, 0.29) is 0 Å². The minimum atomic E-state index is 0.592. The Morgan fingerprint density at radius 3 is 2.89 bits per heavy atom. The van der Waals surface area contributed by atoms with Crippen LogP contribution in [0.2, 0.25) is 0 Å². The molecule has 6 nitrogen and oxygen atoms in total. The lowest BCUT2D eigenvalue weighted by Gasteiger charge is -2.19. The molecule has 2 aliphatic heterocycles. The summed E-state index contributed by atoms with van der Waals surface area (Å²) in [6.07, 6.45) is 3.34. The standard InChI is InChI=1S/C21H34N4O2/c1-22-21(23-10-5-12-26-16-19-9-13-27-17-19)24-14-18-8-11-25(15-18)20-6-3-2-4-7-20/h2-4,6-7,18-19H,5,8-17H2,1H3,(H2,22,23,24). The van der Waals surface area contributed by atoms with Crippen molar-refractivity contribution in [3.05, 3.63) is 30.3 Å². The molecule has 1 aromatic carbocycles. The normalized spacial score (nSPS) is 23.0. The predicted octanol–water partition coefficient (Wildman–Crippen LogP) is 2.12. The highest BCUT2D eigenvalue weighted by atomic mass is 16.5. The van der Waals surface area contributed by atoms with E-state index in [4.69, 9.17) is 9.47 Å². The summed E-state index contributed by atoms with van der Waals surface area (Å²) in [5.41, 5.74) is 1.33. The number of rotatable bonds is 9. The Hall–Kier alpha value is -1.79. The van der Waals surface area contributed by atoms with E-state index in [9.17, 15) is 0 Å². The molecule has 6 heteroatoms. The minimum absolute atomic E-state index is 0.592. The number of para-hydroxylation sites is 1. The van der Waals surface area contributed by atoms with Crippen LogP contribution in [0.15, 0.2) is 35.3 Å². The highest BCUT2D eigenvalue weighted by Gasteiger charge is 2.22. The molecule has 2 unspecified atom stereocenters. The van der Waals surface area contributed by atoms with Crippen molar-refractivity contribution in [1.82, 2.24) is 10.6 Å². The molecule has 2 aliphatic rings. The lowest BCUT2D eigenvalue weighted by atomic mass is 10.1. The molecule has 1 aromatic rings. The molecule has 0 aromatic heterocycles. The van der Waals surface area contributed by atoms with Gasteiger partial charge in [0.15, 0.2) is 5.96 Å². The van der Waals surface area contributed by atoms with E-state index in [2.05, 4.69) is 50.9 Å². The van der Waals surface area contributed by atoms with E-state index in [0.29, 0.717) is 11.8 Å². The van der Waals surface area contributed by atoms with Crippen LogP contribution in [0.5, 0.6) is 0 Å². The topological polar surface area (TPSA) is 58.1 Å². The van der Waals surface area contributed by atoms with Gasteiger partial charge in [0.2, 0.25) is 0 Å². The van der Waals surface area contributed by atoms with Crippen molar-refractivity contribution < 1.29 is 9.47 Å². The quantitative estimate of drug-likeness (QED) is 0.394. The Balaban J connectivity index is 1.25. The largest absolute Gasteiger partial charge is 0.381 e. The summed E-state index contributed by atoms with van der Waals surface area (Å²) in [4.78, 5) is 6.80. The lowest BCUT2D eigenvalue weighted by molar-refractivity contribution is 0.0888. The van der Waals surface area contributed by atoms with Crippen molar-refractivity contribution in [2.45, 2.75) is 19.3 Å². The monoisotopic (exact) mass is 374 g/mol. The van der Waals surface area contributed by atoms with Crippen molar-refractivity contribution in [2.24, 2.45) is 16.8 Å². The second-order valence-electron chi connectivity index (χ2n) is 7.47. The molecule has 27 heavy (non-hydrogen) atoms. The average molecular weight is 375 g/mol. The van der Waals surface area contributed by atoms with Gasteiger partial charge in [-0.3, -0.25) is 4.99 Å². The van der Waals surface area contributed by atoms with E-state index in [1.165, 1.54) is 12.1 Å². The van der Waals surface area contributed by atoms with Crippen LogP contribution in [0, 0.1) is 11.8 Å². The van der Waals surface area contributed by atoms with Crippen molar-refractivity contribution in [3.63, 3.8) is 0 Å². The second kappa shape index (κ2) is 11.1. The second-order valence-corrected chi connectivity index (χ2v) is 7.47. The van der Waals surface area contributed by atoms with Gasteiger partial charge in [-0.1, -0.05) is 18.2 Å². The van der Waals surface area contributed by atoms with Crippen LogP contribution in [0.4, 0.5) is 5.69 Å². The molecule has 0 amide bonds. The molecule has 2 fully saturated rings.